The lowest BCUT2D eigenvalue weighted by atomic mass is 10.4. The fourth-order valence-corrected chi connectivity index (χ4v) is 3.36. The van der Waals surface area contributed by atoms with E-state index in [1.165, 1.54) is 23.6 Å². The van der Waals surface area contributed by atoms with E-state index in [4.69, 9.17) is 0 Å². The Bertz CT molecular complexity index is 623. The molecule has 8 heteroatoms. The Labute approximate surface area is 116 Å². The minimum Gasteiger partial charge on any atom is -0.373 e. The summed E-state index contributed by atoms with van der Waals surface area (Å²) in [5, 5.41) is 5.37. The molecule has 0 aliphatic carbocycles. The number of thiazole rings is 1. The van der Waals surface area contributed by atoms with Crippen molar-refractivity contribution in [3.05, 3.63) is 34.9 Å². The highest BCUT2D eigenvalue weighted by molar-refractivity contribution is 7.89. The molecule has 1 atom stereocenters. The second-order valence-electron chi connectivity index (χ2n) is 3.84. The lowest BCUT2D eigenvalue weighted by Gasteiger charge is -2.11. The molecule has 102 valence electrons. The van der Waals surface area contributed by atoms with E-state index in [0.29, 0.717) is 5.82 Å². The first-order valence-corrected chi connectivity index (χ1v) is 7.95. The number of anilines is 1. The van der Waals surface area contributed by atoms with Gasteiger partial charge >= 0.3 is 0 Å². The molecule has 0 saturated carbocycles. The summed E-state index contributed by atoms with van der Waals surface area (Å²) in [5.41, 5.74) is 0. The van der Waals surface area contributed by atoms with Crippen molar-refractivity contribution in [1.82, 2.24) is 14.7 Å². The summed E-state index contributed by atoms with van der Waals surface area (Å²) in [6, 6.07) is 2.76. The first kappa shape index (κ1) is 13.9. The van der Waals surface area contributed by atoms with E-state index >= 15 is 0 Å². The van der Waals surface area contributed by atoms with Crippen molar-refractivity contribution in [3.63, 3.8) is 0 Å². The van der Waals surface area contributed by atoms with Crippen LogP contribution in [0.2, 0.25) is 0 Å². The van der Waals surface area contributed by atoms with Gasteiger partial charge in [0.25, 0.3) is 0 Å². The average Bonchev–Trinajstić information content (AvgIpc) is 2.92. The molecule has 2 aromatic rings. The normalized spacial score (nSPS) is 13.2. The van der Waals surface area contributed by atoms with E-state index in [1.807, 2.05) is 5.38 Å². The van der Waals surface area contributed by atoms with Crippen LogP contribution in [0.4, 0.5) is 5.82 Å². The van der Waals surface area contributed by atoms with Crippen molar-refractivity contribution in [1.29, 1.82) is 0 Å². The van der Waals surface area contributed by atoms with Crippen LogP contribution in [0.3, 0.4) is 0 Å². The molecule has 0 radical (unpaired) electrons. The molecule has 0 aliphatic rings. The molecule has 2 heterocycles. The molecule has 0 aliphatic heterocycles. The molecule has 0 saturated heterocycles. The molecule has 2 rings (SSSR count). The number of pyridine rings is 1. The molecular weight excluding hydrogens is 284 g/mol. The van der Waals surface area contributed by atoms with Gasteiger partial charge in [0.1, 0.15) is 15.7 Å². The number of rotatable bonds is 5. The van der Waals surface area contributed by atoms with E-state index in [-0.39, 0.29) is 10.9 Å². The van der Waals surface area contributed by atoms with E-state index < -0.39 is 10.0 Å². The average molecular weight is 298 g/mol. The summed E-state index contributed by atoms with van der Waals surface area (Å²) in [7, 11) is -1.86. The fraction of sp³-hybridized carbons (Fsp3) is 0.273. The highest BCUT2D eigenvalue weighted by Gasteiger charge is 2.19. The second kappa shape index (κ2) is 5.64. The number of hydrogen-bond acceptors (Lipinski definition) is 6. The van der Waals surface area contributed by atoms with Gasteiger partial charge in [0.15, 0.2) is 0 Å². The predicted molar refractivity (Wildman–Crippen MR) is 74.6 cm³/mol. The third-order valence-electron chi connectivity index (χ3n) is 2.46. The molecule has 0 amide bonds. The fourth-order valence-electron chi connectivity index (χ4n) is 1.49. The van der Waals surface area contributed by atoms with Gasteiger partial charge < -0.3 is 5.32 Å². The topological polar surface area (TPSA) is 84.0 Å². The number of hydrogen-bond donors (Lipinski definition) is 2. The maximum atomic E-state index is 12.1. The smallest absolute Gasteiger partial charge is 0.242 e. The van der Waals surface area contributed by atoms with Gasteiger partial charge in [-0.15, -0.1) is 11.3 Å². The Morgan fingerprint density at radius 1 is 1.32 bits per heavy atom. The van der Waals surface area contributed by atoms with Crippen LogP contribution >= 0.6 is 11.3 Å². The summed E-state index contributed by atoms with van der Waals surface area (Å²) in [5.74, 6) is 0.618. The maximum absolute atomic E-state index is 12.1. The Balaban J connectivity index is 2.17. The van der Waals surface area contributed by atoms with Crippen LogP contribution in [0.1, 0.15) is 18.0 Å². The Kier molecular flexibility index (Phi) is 4.13. The van der Waals surface area contributed by atoms with Gasteiger partial charge in [-0.3, -0.25) is 0 Å². The minimum absolute atomic E-state index is 0.134. The standard InChI is InChI=1S/C11H14N4O2S2/c1-8(11-13-5-6-18-11)15-19(16,17)9-3-4-10(12-2)14-7-9/h3-8,15H,1-2H3,(H,12,14). The molecule has 0 fully saturated rings. The third kappa shape index (κ3) is 3.28. The number of nitrogens with zero attached hydrogens (tertiary/aromatic N) is 2. The molecule has 2 aromatic heterocycles. The molecule has 0 bridgehead atoms. The minimum atomic E-state index is -3.58. The summed E-state index contributed by atoms with van der Waals surface area (Å²) in [6.45, 7) is 1.76. The van der Waals surface area contributed by atoms with E-state index in [1.54, 1.807) is 26.2 Å². The van der Waals surface area contributed by atoms with Crippen molar-refractivity contribution in [2.75, 3.05) is 12.4 Å². The van der Waals surface area contributed by atoms with Crippen molar-refractivity contribution < 1.29 is 8.42 Å². The van der Waals surface area contributed by atoms with E-state index in [0.717, 1.165) is 5.01 Å². The van der Waals surface area contributed by atoms with Gasteiger partial charge in [-0.05, 0) is 19.1 Å². The summed E-state index contributed by atoms with van der Waals surface area (Å²) >= 11 is 1.41. The van der Waals surface area contributed by atoms with Crippen molar-refractivity contribution in [2.24, 2.45) is 0 Å². The molecule has 2 N–H and O–H groups in total. The van der Waals surface area contributed by atoms with Crippen molar-refractivity contribution >= 4 is 27.2 Å². The molecule has 1 unspecified atom stereocenters. The highest BCUT2D eigenvalue weighted by Crippen LogP contribution is 2.18. The number of nitrogens with one attached hydrogen (secondary N) is 2. The SMILES string of the molecule is CNc1ccc(S(=O)(=O)NC(C)c2nccs2)cn1. The number of sulfonamides is 1. The zero-order valence-electron chi connectivity index (χ0n) is 10.5. The van der Waals surface area contributed by atoms with Gasteiger partial charge in [-0.2, -0.15) is 0 Å². The van der Waals surface area contributed by atoms with Gasteiger partial charge in [0.2, 0.25) is 10.0 Å². The van der Waals surface area contributed by atoms with Gasteiger partial charge in [-0.25, -0.2) is 23.1 Å². The first-order valence-electron chi connectivity index (χ1n) is 5.58. The van der Waals surface area contributed by atoms with Crippen LogP contribution < -0.4 is 10.0 Å². The summed E-state index contributed by atoms with van der Waals surface area (Å²) < 4.78 is 26.9. The van der Waals surface area contributed by atoms with Gasteiger partial charge in [-0.1, -0.05) is 0 Å². The number of aromatic nitrogens is 2. The highest BCUT2D eigenvalue weighted by atomic mass is 32.2. The molecule has 0 spiro atoms. The quantitative estimate of drug-likeness (QED) is 0.876. The Hall–Kier alpha value is -1.51. The monoisotopic (exact) mass is 298 g/mol. The lowest BCUT2D eigenvalue weighted by molar-refractivity contribution is 0.566. The molecule has 6 nitrogen and oxygen atoms in total. The summed E-state index contributed by atoms with van der Waals surface area (Å²) in [6.07, 6.45) is 2.97. The molecule has 0 aromatic carbocycles. The zero-order valence-corrected chi connectivity index (χ0v) is 12.1. The van der Waals surface area contributed by atoms with Gasteiger partial charge in [0, 0.05) is 24.8 Å². The van der Waals surface area contributed by atoms with Crippen LogP contribution in [-0.4, -0.2) is 25.4 Å². The Morgan fingerprint density at radius 2 is 2.11 bits per heavy atom. The molecule has 19 heavy (non-hydrogen) atoms. The van der Waals surface area contributed by atoms with Crippen LogP contribution in [-0.2, 0) is 10.0 Å². The lowest BCUT2D eigenvalue weighted by Crippen LogP contribution is -2.26. The van der Waals surface area contributed by atoms with Gasteiger partial charge in [0.05, 0.1) is 6.04 Å². The van der Waals surface area contributed by atoms with Crippen LogP contribution in [0, 0.1) is 0 Å². The van der Waals surface area contributed by atoms with Crippen LogP contribution in [0.15, 0.2) is 34.8 Å². The largest absolute Gasteiger partial charge is 0.373 e. The van der Waals surface area contributed by atoms with Crippen LogP contribution in [0.5, 0.6) is 0 Å². The third-order valence-corrected chi connectivity index (χ3v) is 4.94. The maximum Gasteiger partial charge on any atom is 0.242 e. The van der Waals surface area contributed by atoms with E-state index in [2.05, 4.69) is 20.0 Å². The Morgan fingerprint density at radius 3 is 2.63 bits per heavy atom. The molecular formula is C11H14N4O2S2. The predicted octanol–water partition coefficient (Wildman–Crippen LogP) is 1.62. The van der Waals surface area contributed by atoms with Crippen LogP contribution in [0.25, 0.3) is 0 Å². The van der Waals surface area contributed by atoms with E-state index in [9.17, 15) is 8.42 Å². The first-order chi connectivity index (χ1) is 9.03. The second-order valence-corrected chi connectivity index (χ2v) is 6.48. The van der Waals surface area contributed by atoms with Crippen molar-refractivity contribution in [2.45, 2.75) is 17.9 Å². The zero-order chi connectivity index (χ0) is 13.9. The summed E-state index contributed by atoms with van der Waals surface area (Å²) in [4.78, 5) is 8.21. The van der Waals surface area contributed by atoms with Crippen molar-refractivity contribution in [3.8, 4) is 0 Å².